The number of hydrogen-bond acceptors (Lipinski definition) is 5. The number of rotatable bonds is 3. The number of anilines is 1. The van der Waals surface area contributed by atoms with Crippen LogP contribution in [0.25, 0.3) is 0 Å². The van der Waals surface area contributed by atoms with Gasteiger partial charge in [0.25, 0.3) is 0 Å². The number of amides is 1. The summed E-state index contributed by atoms with van der Waals surface area (Å²) in [5, 5.41) is 6.32. The molecule has 1 fully saturated rings. The van der Waals surface area contributed by atoms with Crippen LogP contribution in [0.5, 0.6) is 0 Å². The number of carbonyl (C=O) groups excluding carboxylic acids is 1. The summed E-state index contributed by atoms with van der Waals surface area (Å²) in [5.74, 6) is 0.401. The maximum atomic E-state index is 12.0. The van der Waals surface area contributed by atoms with Gasteiger partial charge in [0.15, 0.2) is 5.82 Å². The lowest BCUT2D eigenvalue weighted by Gasteiger charge is -2.29. The van der Waals surface area contributed by atoms with E-state index >= 15 is 0 Å². The smallest absolute Gasteiger partial charge is 0.230 e. The molecule has 1 aromatic rings. The molecule has 8 heteroatoms. The summed E-state index contributed by atoms with van der Waals surface area (Å²) < 4.78 is 29.2. The van der Waals surface area contributed by atoms with Gasteiger partial charge in [-0.15, -0.1) is 0 Å². The minimum absolute atomic E-state index is 0.221. The maximum Gasteiger partial charge on any atom is 0.230 e. The maximum absolute atomic E-state index is 12.0. The molecule has 0 radical (unpaired) electrons. The molecule has 2 heterocycles. The molecule has 19 heavy (non-hydrogen) atoms. The Balaban J connectivity index is 1.99. The standard InChI is InChI=1S/C11H17N3O4S/c1-8-6-10(13-18-8)12-11(15)9-4-3-5-14(7-9)19(2,16)17/h6,9H,3-5,7H2,1-2H3,(H,12,13,15)/t9-/m0/s1. The predicted molar refractivity (Wildman–Crippen MR) is 69.0 cm³/mol. The Morgan fingerprint density at radius 1 is 1.58 bits per heavy atom. The summed E-state index contributed by atoms with van der Waals surface area (Å²) in [6, 6.07) is 1.62. The number of sulfonamides is 1. The minimum atomic E-state index is -3.24. The van der Waals surface area contributed by atoms with E-state index in [-0.39, 0.29) is 18.4 Å². The van der Waals surface area contributed by atoms with Crippen LogP contribution in [-0.2, 0) is 14.8 Å². The molecule has 0 saturated carbocycles. The van der Waals surface area contributed by atoms with Crippen molar-refractivity contribution in [3.05, 3.63) is 11.8 Å². The topological polar surface area (TPSA) is 92.5 Å². The molecule has 0 aliphatic carbocycles. The first-order valence-electron chi connectivity index (χ1n) is 6.05. The number of nitrogens with zero attached hydrogens (tertiary/aromatic N) is 2. The van der Waals surface area contributed by atoms with Crippen molar-refractivity contribution in [2.75, 3.05) is 24.7 Å². The van der Waals surface area contributed by atoms with Crippen molar-refractivity contribution < 1.29 is 17.7 Å². The zero-order valence-corrected chi connectivity index (χ0v) is 11.7. The molecule has 0 aromatic carbocycles. The second-order valence-electron chi connectivity index (χ2n) is 4.77. The van der Waals surface area contributed by atoms with Crippen LogP contribution in [0.3, 0.4) is 0 Å². The summed E-state index contributed by atoms with van der Waals surface area (Å²) in [6.45, 7) is 2.43. The highest BCUT2D eigenvalue weighted by Crippen LogP contribution is 2.20. The van der Waals surface area contributed by atoms with Crippen molar-refractivity contribution in [2.45, 2.75) is 19.8 Å². The summed E-state index contributed by atoms with van der Waals surface area (Å²) in [6.07, 6.45) is 2.52. The fraction of sp³-hybridized carbons (Fsp3) is 0.636. The van der Waals surface area contributed by atoms with E-state index < -0.39 is 10.0 Å². The van der Waals surface area contributed by atoms with Gasteiger partial charge in [0.05, 0.1) is 12.2 Å². The summed E-state index contributed by atoms with van der Waals surface area (Å²) in [4.78, 5) is 12.0. The van der Waals surface area contributed by atoms with Crippen molar-refractivity contribution in [3.8, 4) is 0 Å². The highest BCUT2D eigenvalue weighted by atomic mass is 32.2. The van der Waals surface area contributed by atoms with Crippen molar-refractivity contribution in [1.29, 1.82) is 0 Å². The molecule has 2 rings (SSSR count). The van der Waals surface area contributed by atoms with Crippen LogP contribution in [0, 0.1) is 12.8 Å². The normalized spacial score (nSPS) is 21.3. The molecule has 7 nitrogen and oxygen atoms in total. The summed E-state index contributed by atoms with van der Waals surface area (Å²) in [7, 11) is -3.24. The fourth-order valence-electron chi connectivity index (χ4n) is 2.11. The van der Waals surface area contributed by atoms with Gasteiger partial charge < -0.3 is 9.84 Å². The van der Waals surface area contributed by atoms with Crippen LogP contribution in [0.2, 0.25) is 0 Å². The quantitative estimate of drug-likeness (QED) is 0.878. The molecule has 1 aliphatic rings. The van der Waals surface area contributed by atoms with Gasteiger partial charge in [-0.05, 0) is 19.8 Å². The van der Waals surface area contributed by atoms with Gasteiger partial charge in [-0.3, -0.25) is 4.79 Å². The highest BCUT2D eigenvalue weighted by Gasteiger charge is 2.30. The number of carbonyl (C=O) groups is 1. The molecule has 1 atom stereocenters. The molecule has 1 amide bonds. The fourth-order valence-corrected chi connectivity index (χ4v) is 3.02. The molecular weight excluding hydrogens is 270 g/mol. The van der Waals surface area contributed by atoms with Crippen LogP contribution >= 0.6 is 0 Å². The average molecular weight is 287 g/mol. The van der Waals surface area contributed by atoms with E-state index in [9.17, 15) is 13.2 Å². The van der Waals surface area contributed by atoms with Crippen LogP contribution in [0.4, 0.5) is 5.82 Å². The molecule has 1 aliphatic heterocycles. The zero-order chi connectivity index (χ0) is 14.0. The Morgan fingerprint density at radius 3 is 2.89 bits per heavy atom. The van der Waals surface area contributed by atoms with Gasteiger partial charge in [-0.1, -0.05) is 5.16 Å². The van der Waals surface area contributed by atoms with Gasteiger partial charge in [-0.25, -0.2) is 12.7 Å². The first kappa shape index (κ1) is 14.0. The molecule has 1 saturated heterocycles. The number of aryl methyl sites for hydroxylation is 1. The third kappa shape index (κ3) is 3.54. The van der Waals surface area contributed by atoms with Crippen molar-refractivity contribution >= 4 is 21.7 Å². The Morgan fingerprint density at radius 2 is 2.32 bits per heavy atom. The number of nitrogens with one attached hydrogen (secondary N) is 1. The monoisotopic (exact) mass is 287 g/mol. The lowest BCUT2D eigenvalue weighted by atomic mass is 9.99. The zero-order valence-electron chi connectivity index (χ0n) is 10.9. The first-order valence-corrected chi connectivity index (χ1v) is 7.90. The molecule has 0 bridgehead atoms. The molecule has 106 valence electrons. The second-order valence-corrected chi connectivity index (χ2v) is 6.75. The molecule has 0 spiro atoms. The first-order chi connectivity index (χ1) is 8.86. The van der Waals surface area contributed by atoms with Gasteiger partial charge in [0, 0.05) is 19.2 Å². The van der Waals surface area contributed by atoms with E-state index in [1.165, 1.54) is 4.31 Å². The van der Waals surface area contributed by atoms with E-state index in [2.05, 4.69) is 10.5 Å². The van der Waals surface area contributed by atoms with Crippen LogP contribution in [-0.4, -0.2) is 43.1 Å². The van der Waals surface area contributed by atoms with Crippen molar-refractivity contribution in [3.63, 3.8) is 0 Å². The Kier molecular flexibility index (Phi) is 3.91. The summed E-state index contributed by atoms with van der Waals surface area (Å²) in [5.41, 5.74) is 0. The lowest BCUT2D eigenvalue weighted by molar-refractivity contribution is -0.120. The SMILES string of the molecule is Cc1cc(NC(=O)[C@H]2CCCN(S(C)(=O)=O)C2)no1. The Bertz CT molecular complexity index is 566. The summed E-state index contributed by atoms with van der Waals surface area (Å²) >= 11 is 0. The highest BCUT2D eigenvalue weighted by molar-refractivity contribution is 7.88. The van der Waals surface area contributed by atoms with Crippen LogP contribution in [0.1, 0.15) is 18.6 Å². The van der Waals surface area contributed by atoms with Crippen molar-refractivity contribution in [2.24, 2.45) is 5.92 Å². The number of piperidine rings is 1. The van der Waals surface area contributed by atoms with E-state index in [1.807, 2.05) is 0 Å². The number of hydrogen-bond donors (Lipinski definition) is 1. The van der Waals surface area contributed by atoms with E-state index in [4.69, 9.17) is 4.52 Å². The Labute approximate surface area is 112 Å². The minimum Gasteiger partial charge on any atom is -0.360 e. The van der Waals surface area contributed by atoms with E-state index in [0.717, 1.165) is 6.26 Å². The van der Waals surface area contributed by atoms with E-state index in [1.54, 1.807) is 13.0 Å². The predicted octanol–water partition coefficient (Wildman–Crippen LogP) is 0.593. The Hall–Kier alpha value is -1.41. The number of aromatic nitrogens is 1. The largest absolute Gasteiger partial charge is 0.360 e. The third-order valence-corrected chi connectivity index (χ3v) is 4.37. The molecule has 1 N–H and O–H groups in total. The van der Waals surface area contributed by atoms with Gasteiger partial charge in [0.2, 0.25) is 15.9 Å². The average Bonchev–Trinajstić information content (AvgIpc) is 2.74. The van der Waals surface area contributed by atoms with Gasteiger partial charge in [0.1, 0.15) is 5.76 Å². The lowest BCUT2D eigenvalue weighted by Crippen LogP contribution is -2.43. The molecular formula is C11H17N3O4S. The van der Waals surface area contributed by atoms with Crippen molar-refractivity contribution in [1.82, 2.24) is 9.46 Å². The third-order valence-electron chi connectivity index (χ3n) is 3.10. The second kappa shape index (κ2) is 5.30. The van der Waals surface area contributed by atoms with Gasteiger partial charge in [-0.2, -0.15) is 0 Å². The molecule has 1 aromatic heterocycles. The van der Waals surface area contributed by atoms with Gasteiger partial charge >= 0.3 is 0 Å². The van der Waals surface area contributed by atoms with Crippen LogP contribution in [0.15, 0.2) is 10.6 Å². The van der Waals surface area contributed by atoms with Crippen LogP contribution < -0.4 is 5.32 Å². The van der Waals surface area contributed by atoms with E-state index in [0.29, 0.717) is 31.0 Å². The molecule has 0 unspecified atom stereocenters.